The fourth-order valence-corrected chi connectivity index (χ4v) is 4.10. The third-order valence-corrected chi connectivity index (χ3v) is 5.31. The summed E-state index contributed by atoms with van der Waals surface area (Å²) in [7, 11) is -1.88. The summed E-state index contributed by atoms with van der Waals surface area (Å²) in [5.41, 5.74) is 2.13. The van der Waals surface area contributed by atoms with Crippen LogP contribution in [0.3, 0.4) is 0 Å². The van der Waals surface area contributed by atoms with Crippen molar-refractivity contribution in [3.63, 3.8) is 0 Å². The van der Waals surface area contributed by atoms with Gasteiger partial charge in [0.2, 0.25) is 10.0 Å². The standard InChI is InChI=1S/C16H18N4O2S/c1-11-14(10-20(3)18-11)12(2)19-23(21,22)15-8-4-6-13-7-5-9-17-16(13)15/h4-10,12,19H,1-3H3. The maximum Gasteiger partial charge on any atom is 0.243 e. The summed E-state index contributed by atoms with van der Waals surface area (Å²) < 4.78 is 29.9. The number of para-hydroxylation sites is 1. The minimum Gasteiger partial charge on any atom is -0.275 e. The number of nitrogens with zero attached hydrogens (tertiary/aromatic N) is 3. The van der Waals surface area contributed by atoms with Crippen LogP contribution in [0.25, 0.3) is 10.9 Å². The monoisotopic (exact) mass is 330 g/mol. The number of rotatable bonds is 4. The molecule has 0 amide bonds. The van der Waals surface area contributed by atoms with E-state index in [0.717, 1.165) is 16.6 Å². The third-order valence-electron chi connectivity index (χ3n) is 3.74. The first-order chi connectivity index (χ1) is 10.9. The van der Waals surface area contributed by atoms with E-state index in [9.17, 15) is 8.42 Å². The molecule has 7 heteroatoms. The van der Waals surface area contributed by atoms with Gasteiger partial charge < -0.3 is 0 Å². The van der Waals surface area contributed by atoms with Crippen LogP contribution in [-0.4, -0.2) is 23.2 Å². The first kappa shape index (κ1) is 15.6. The van der Waals surface area contributed by atoms with Gasteiger partial charge in [0.1, 0.15) is 4.90 Å². The Kier molecular flexibility index (Phi) is 3.91. The van der Waals surface area contributed by atoms with Crippen molar-refractivity contribution in [1.82, 2.24) is 19.5 Å². The number of sulfonamides is 1. The average molecular weight is 330 g/mol. The molecule has 1 unspecified atom stereocenters. The van der Waals surface area contributed by atoms with E-state index in [1.54, 1.807) is 36.0 Å². The summed E-state index contributed by atoms with van der Waals surface area (Å²) >= 11 is 0. The van der Waals surface area contributed by atoms with Crippen LogP contribution in [0.2, 0.25) is 0 Å². The van der Waals surface area contributed by atoms with Crippen molar-refractivity contribution < 1.29 is 8.42 Å². The quantitative estimate of drug-likeness (QED) is 0.796. The zero-order chi connectivity index (χ0) is 16.6. The molecule has 2 heterocycles. The summed E-state index contributed by atoms with van der Waals surface area (Å²) in [5.74, 6) is 0. The van der Waals surface area contributed by atoms with Gasteiger partial charge in [-0.1, -0.05) is 18.2 Å². The molecule has 6 nitrogen and oxygen atoms in total. The van der Waals surface area contributed by atoms with Gasteiger partial charge in [0.15, 0.2) is 0 Å². The van der Waals surface area contributed by atoms with Gasteiger partial charge in [-0.15, -0.1) is 0 Å². The third kappa shape index (κ3) is 2.97. The van der Waals surface area contributed by atoms with Crippen LogP contribution in [0.15, 0.2) is 47.6 Å². The van der Waals surface area contributed by atoms with Gasteiger partial charge in [-0.3, -0.25) is 9.67 Å². The molecule has 3 aromatic rings. The van der Waals surface area contributed by atoms with E-state index in [2.05, 4.69) is 14.8 Å². The number of fused-ring (bicyclic) bond motifs is 1. The van der Waals surface area contributed by atoms with Gasteiger partial charge in [0.05, 0.1) is 11.2 Å². The van der Waals surface area contributed by atoms with Gasteiger partial charge in [-0.25, -0.2) is 13.1 Å². The molecule has 1 N–H and O–H groups in total. The van der Waals surface area contributed by atoms with E-state index in [4.69, 9.17) is 0 Å². The molecule has 1 atom stereocenters. The van der Waals surface area contributed by atoms with Crippen molar-refractivity contribution in [2.24, 2.45) is 7.05 Å². The van der Waals surface area contributed by atoms with E-state index in [1.807, 2.05) is 32.3 Å². The van der Waals surface area contributed by atoms with Crippen molar-refractivity contribution in [3.8, 4) is 0 Å². The normalized spacial score (nSPS) is 13.3. The summed E-state index contributed by atoms with van der Waals surface area (Å²) in [6.07, 6.45) is 3.42. The largest absolute Gasteiger partial charge is 0.275 e. The van der Waals surface area contributed by atoms with Crippen LogP contribution in [0.4, 0.5) is 0 Å². The van der Waals surface area contributed by atoms with E-state index in [1.165, 1.54) is 0 Å². The first-order valence-electron chi connectivity index (χ1n) is 7.25. The van der Waals surface area contributed by atoms with E-state index >= 15 is 0 Å². The van der Waals surface area contributed by atoms with Crippen LogP contribution in [0.5, 0.6) is 0 Å². The van der Waals surface area contributed by atoms with Crippen molar-refractivity contribution >= 4 is 20.9 Å². The molecule has 1 aromatic carbocycles. The molecule has 0 bridgehead atoms. The fourth-order valence-electron chi connectivity index (χ4n) is 2.70. The summed E-state index contributed by atoms with van der Waals surface area (Å²) in [6, 6.07) is 8.38. The highest BCUT2D eigenvalue weighted by Gasteiger charge is 2.23. The average Bonchev–Trinajstić information content (AvgIpc) is 2.85. The van der Waals surface area contributed by atoms with Crippen molar-refractivity contribution in [2.45, 2.75) is 24.8 Å². The Morgan fingerprint density at radius 3 is 2.65 bits per heavy atom. The van der Waals surface area contributed by atoms with E-state index in [-0.39, 0.29) is 10.9 Å². The molecular formula is C16H18N4O2S. The molecule has 0 saturated heterocycles. The van der Waals surface area contributed by atoms with Crippen molar-refractivity contribution in [3.05, 3.63) is 54.0 Å². The Bertz CT molecular complexity index is 958. The lowest BCUT2D eigenvalue weighted by Crippen LogP contribution is -2.27. The molecule has 0 fully saturated rings. The maximum absolute atomic E-state index is 12.8. The molecule has 2 aromatic heterocycles. The molecule has 0 aliphatic rings. The number of aromatic nitrogens is 3. The summed E-state index contributed by atoms with van der Waals surface area (Å²) in [5, 5.41) is 5.05. The number of hydrogen-bond donors (Lipinski definition) is 1. The Hall–Kier alpha value is -2.25. The van der Waals surface area contributed by atoms with Crippen molar-refractivity contribution in [1.29, 1.82) is 0 Å². The summed E-state index contributed by atoms with van der Waals surface area (Å²) in [4.78, 5) is 4.40. The van der Waals surface area contributed by atoms with Crippen LogP contribution in [0.1, 0.15) is 24.2 Å². The Morgan fingerprint density at radius 2 is 1.96 bits per heavy atom. The van der Waals surface area contributed by atoms with Crippen LogP contribution >= 0.6 is 0 Å². The predicted octanol–water partition coefficient (Wildman–Crippen LogP) is 2.32. The van der Waals surface area contributed by atoms with E-state index in [0.29, 0.717) is 5.52 Å². The molecule has 3 rings (SSSR count). The van der Waals surface area contributed by atoms with Gasteiger partial charge >= 0.3 is 0 Å². The predicted molar refractivity (Wildman–Crippen MR) is 88.4 cm³/mol. The number of benzene rings is 1. The molecule has 0 radical (unpaired) electrons. The second kappa shape index (κ2) is 5.75. The molecule has 0 saturated carbocycles. The zero-order valence-corrected chi connectivity index (χ0v) is 14.0. The van der Waals surface area contributed by atoms with Gasteiger partial charge in [-0.2, -0.15) is 5.10 Å². The highest BCUT2D eigenvalue weighted by molar-refractivity contribution is 7.89. The topological polar surface area (TPSA) is 76.9 Å². The van der Waals surface area contributed by atoms with Gasteiger partial charge in [0.25, 0.3) is 0 Å². The molecular weight excluding hydrogens is 312 g/mol. The molecule has 120 valence electrons. The van der Waals surface area contributed by atoms with Crippen LogP contribution in [0, 0.1) is 6.92 Å². The first-order valence-corrected chi connectivity index (χ1v) is 8.73. The minimum atomic E-state index is -3.69. The molecule has 0 aliphatic carbocycles. The lowest BCUT2D eigenvalue weighted by atomic mass is 10.1. The Balaban J connectivity index is 1.99. The van der Waals surface area contributed by atoms with Crippen LogP contribution in [-0.2, 0) is 17.1 Å². The fraction of sp³-hybridized carbons (Fsp3) is 0.250. The number of hydrogen-bond acceptors (Lipinski definition) is 4. The highest BCUT2D eigenvalue weighted by atomic mass is 32.2. The number of nitrogens with one attached hydrogen (secondary N) is 1. The second-order valence-corrected chi connectivity index (χ2v) is 7.20. The van der Waals surface area contributed by atoms with Gasteiger partial charge in [0, 0.05) is 36.4 Å². The highest BCUT2D eigenvalue weighted by Crippen LogP contribution is 2.23. The Morgan fingerprint density at radius 1 is 1.22 bits per heavy atom. The van der Waals surface area contributed by atoms with E-state index < -0.39 is 10.0 Å². The van der Waals surface area contributed by atoms with Gasteiger partial charge in [-0.05, 0) is 26.0 Å². The zero-order valence-electron chi connectivity index (χ0n) is 13.2. The number of aryl methyl sites for hydroxylation is 2. The second-order valence-electron chi connectivity index (χ2n) is 5.52. The van der Waals surface area contributed by atoms with Crippen molar-refractivity contribution in [2.75, 3.05) is 0 Å². The smallest absolute Gasteiger partial charge is 0.243 e. The summed E-state index contributed by atoms with van der Waals surface area (Å²) in [6.45, 7) is 3.67. The SMILES string of the molecule is Cc1nn(C)cc1C(C)NS(=O)(=O)c1cccc2cccnc12. The molecule has 0 spiro atoms. The maximum atomic E-state index is 12.8. The minimum absolute atomic E-state index is 0.184. The number of pyridine rings is 1. The molecule has 0 aliphatic heterocycles. The molecule has 23 heavy (non-hydrogen) atoms. The Labute approximate surface area is 135 Å². The lowest BCUT2D eigenvalue weighted by molar-refractivity contribution is 0.567. The lowest BCUT2D eigenvalue weighted by Gasteiger charge is -2.14. The van der Waals surface area contributed by atoms with Crippen LogP contribution < -0.4 is 4.72 Å².